The molecule has 0 aliphatic rings. The molecule has 0 N–H and O–H groups in total. The molecule has 0 fully saturated rings. The summed E-state index contributed by atoms with van der Waals surface area (Å²) in [5, 5.41) is 0. The van der Waals surface area contributed by atoms with E-state index >= 15 is 0 Å². The van der Waals surface area contributed by atoms with Crippen LogP contribution in [0, 0.1) is 0 Å². The quantitative estimate of drug-likeness (QED) is 0.828. The van der Waals surface area contributed by atoms with Crippen molar-refractivity contribution in [2.45, 2.75) is 9.79 Å². The van der Waals surface area contributed by atoms with Crippen LogP contribution in [0.4, 0.5) is 0 Å². The second-order valence-electron chi connectivity index (χ2n) is 3.83. The predicted octanol–water partition coefficient (Wildman–Crippen LogP) is 3.86. The van der Waals surface area contributed by atoms with Gasteiger partial charge in [-0.25, -0.2) is 0 Å². The number of methoxy groups -OCH3 is 3. The highest BCUT2D eigenvalue weighted by Crippen LogP contribution is 2.34. The average Bonchev–Trinajstić information content (AvgIpc) is 2.47. The number of hydrogen-bond donors (Lipinski definition) is 0. The van der Waals surface area contributed by atoms with E-state index in [1.165, 1.54) is 0 Å². The lowest BCUT2D eigenvalue weighted by molar-refractivity contribution is 0.392. The Morgan fingerprint density at radius 2 is 1.26 bits per heavy atom. The number of ether oxygens (including phenoxy) is 3. The van der Waals surface area contributed by atoms with Crippen molar-refractivity contribution in [3.63, 3.8) is 0 Å². The van der Waals surface area contributed by atoms with Gasteiger partial charge in [-0.2, -0.15) is 0 Å². The Morgan fingerprint density at radius 1 is 0.684 bits per heavy atom. The van der Waals surface area contributed by atoms with Gasteiger partial charge in [0, 0.05) is 15.9 Å². The van der Waals surface area contributed by atoms with Gasteiger partial charge in [-0.1, -0.05) is 17.8 Å². The van der Waals surface area contributed by atoms with E-state index in [1.807, 2.05) is 42.5 Å². The molecular formula is C15H16O3S. The molecule has 0 amide bonds. The minimum absolute atomic E-state index is 0.782. The normalized spacial score (nSPS) is 10.1. The zero-order chi connectivity index (χ0) is 13.7. The summed E-state index contributed by atoms with van der Waals surface area (Å²) in [6.07, 6.45) is 0. The standard InChI is InChI=1S/C15H16O3S/c1-16-11-5-4-6-14(8-11)19-15-9-12(17-2)7-13(10-15)18-3/h4-10H,1-3H3. The van der Waals surface area contributed by atoms with Crippen LogP contribution in [-0.4, -0.2) is 21.3 Å². The Kier molecular flexibility index (Phi) is 4.58. The highest BCUT2D eigenvalue weighted by atomic mass is 32.2. The van der Waals surface area contributed by atoms with Crippen molar-refractivity contribution in [1.29, 1.82) is 0 Å². The molecule has 0 aromatic heterocycles. The molecule has 0 saturated heterocycles. The van der Waals surface area contributed by atoms with E-state index < -0.39 is 0 Å². The first-order valence-electron chi connectivity index (χ1n) is 5.80. The molecule has 0 unspecified atom stereocenters. The third kappa shape index (κ3) is 3.58. The summed E-state index contributed by atoms with van der Waals surface area (Å²) >= 11 is 1.64. The van der Waals surface area contributed by atoms with Gasteiger partial charge in [0.1, 0.15) is 17.2 Å². The van der Waals surface area contributed by atoms with Crippen molar-refractivity contribution >= 4 is 11.8 Å². The van der Waals surface area contributed by atoms with Crippen molar-refractivity contribution in [1.82, 2.24) is 0 Å². The molecule has 0 aliphatic carbocycles. The van der Waals surface area contributed by atoms with Crippen LogP contribution in [0.3, 0.4) is 0 Å². The Balaban J connectivity index is 2.26. The maximum absolute atomic E-state index is 5.26. The lowest BCUT2D eigenvalue weighted by atomic mass is 10.3. The highest BCUT2D eigenvalue weighted by Gasteiger charge is 2.04. The molecular weight excluding hydrogens is 260 g/mol. The first kappa shape index (κ1) is 13.6. The second-order valence-corrected chi connectivity index (χ2v) is 4.98. The third-order valence-corrected chi connectivity index (χ3v) is 3.56. The molecule has 0 atom stereocenters. The number of hydrogen-bond acceptors (Lipinski definition) is 4. The van der Waals surface area contributed by atoms with E-state index in [0.29, 0.717) is 0 Å². The number of benzene rings is 2. The maximum Gasteiger partial charge on any atom is 0.123 e. The van der Waals surface area contributed by atoms with Crippen LogP contribution in [0.1, 0.15) is 0 Å². The molecule has 0 spiro atoms. The van der Waals surface area contributed by atoms with Gasteiger partial charge in [0.15, 0.2) is 0 Å². The molecule has 0 heterocycles. The summed E-state index contributed by atoms with van der Waals surface area (Å²) in [5.41, 5.74) is 0. The molecule has 4 heteroatoms. The predicted molar refractivity (Wildman–Crippen MR) is 76.7 cm³/mol. The Morgan fingerprint density at radius 3 is 1.84 bits per heavy atom. The third-order valence-electron chi connectivity index (χ3n) is 2.60. The van der Waals surface area contributed by atoms with Crippen molar-refractivity contribution in [3.8, 4) is 17.2 Å². The van der Waals surface area contributed by atoms with Gasteiger partial charge in [0.2, 0.25) is 0 Å². The number of rotatable bonds is 5. The molecule has 0 aliphatic heterocycles. The van der Waals surface area contributed by atoms with Gasteiger partial charge >= 0.3 is 0 Å². The molecule has 2 aromatic rings. The lowest BCUT2D eigenvalue weighted by Crippen LogP contribution is -1.88. The molecule has 2 aromatic carbocycles. The zero-order valence-electron chi connectivity index (χ0n) is 11.2. The molecule has 2 rings (SSSR count). The zero-order valence-corrected chi connectivity index (χ0v) is 12.0. The lowest BCUT2D eigenvalue weighted by Gasteiger charge is -2.08. The SMILES string of the molecule is COc1cccc(Sc2cc(OC)cc(OC)c2)c1. The van der Waals surface area contributed by atoms with Gasteiger partial charge in [0.25, 0.3) is 0 Å². The highest BCUT2D eigenvalue weighted by molar-refractivity contribution is 7.99. The molecule has 3 nitrogen and oxygen atoms in total. The molecule has 0 saturated carbocycles. The van der Waals surface area contributed by atoms with Crippen LogP contribution in [0.15, 0.2) is 52.3 Å². The summed E-state index contributed by atoms with van der Waals surface area (Å²) in [6, 6.07) is 13.7. The first-order chi connectivity index (χ1) is 9.25. The van der Waals surface area contributed by atoms with Crippen LogP contribution < -0.4 is 14.2 Å². The van der Waals surface area contributed by atoms with Crippen molar-refractivity contribution < 1.29 is 14.2 Å². The van der Waals surface area contributed by atoms with Crippen LogP contribution in [0.25, 0.3) is 0 Å². The van der Waals surface area contributed by atoms with Gasteiger partial charge in [-0.3, -0.25) is 0 Å². The Labute approximate surface area is 117 Å². The maximum atomic E-state index is 5.26. The molecule has 100 valence electrons. The fourth-order valence-electron chi connectivity index (χ4n) is 1.64. The van der Waals surface area contributed by atoms with Crippen LogP contribution in [0.5, 0.6) is 17.2 Å². The van der Waals surface area contributed by atoms with Crippen LogP contribution >= 0.6 is 11.8 Å². The summed E-state index contributed by atoms with van der Waals surface area (Å²) < 4.78 is 15.7. The van der Waals surface area contributed by atoms with E-state index in [2.05, 4.69) is 0 Å². The van der Waals surface area contributed by atoms with Crippen molar-refractivity contribution in [3.05, 3.63) is 42.5 Å². The summed E-state index contributed by atoms with van der Waals surface area (Å²) in [5.74, 6) is 2.41. The van der Waals surface area contributed by atoms with Crippen LogP contribution in [-0.2, 0) is 0 Å². The fraction of sp³-hybridized carbons (Fsp3) is 0.200. The van der Waals surface area contributed by atoms with Crippen molar-refractivity contribution in [2.24, 2.45) is 0 Å². The van der Waals surface area contributed by atoms with Crippen molar-refractivity contribution in [2.75, 3.05) is 21.3 Å². The second kappa shape index (κ2) is 6.38. The molecule has 19 heavy (non-hydrogen) atoms. The molecule has 0 radical (unpaired) electrons. The minimum Gasteiger partial charge on any atom is -0.497 e. The smallest absolute Gasteiger partial charge is 0.123 e. The van der Waals surface area contributed by atoms with E-state index in [4.69, 9.17) is 14.2 Å². The van der Waals surface area contributed by atoms with Gasteiger partial charge in [0.05, 0.1) is 21.3 Å². The van der Waals surface area contributed by atoms with Gasteiger partial charge in [-0.15, -0.1) is 0 Å². The summed E-state index contributed by atoms with van der Waals surface area (Å²) in [4.78, 5) is 2.17. The minimum atomic E-state index is 0.782. The van der Waals surface area contributed by atoms with E-state index in [9.17, 15) is 0 Å². The Hall–Kier alpha value is -1.81. The summed E-state index contributed by atoms with van der Waals surface area (Å²) in [7, 11) is 4.96. The van der Waals surface area contributed by atoms with E-state index in [0.717, 1.165) is 27.0 Å². The van der Waals surface area contributed by atoms with Gasteiger partial charge < -0.3 is 14.2 Å². The fourth-order valence-corrected chi connectivity index (χ4v) is 2.59. The Bertz CT molecular complexity index is 533. The average molecular weight is 276 g/mol. The van der Waals surface area contributed by atoms with E-state index in [-0.39, 0.29) is 0 Å². The van der Waals surface area contributed by atoms with Crippen LogP contribution in [0.2, 0.25) is 0 Å². The topological polar surface area (TPSA) is 27.7 Å². The van der Waals surface area contributed by atoms with Gasteiger partial charge in [-0.05, 0) is 30.3 Å². The first-order valence-corrected chi connectivity index (χ1v) is 6.62. The summed E-state index contributed by atoms with van der Waals surface area (Å²) in [6.45, 7) is 0. The van der Waals surface area contributed by atoms with E-state index in [1.54, 1.807) is 33.1 Å². The monoisotopic (exact) mass is 276 g/mol. The molecule has 0 bridgehead atoms. The largest absolute Gasteiger partial charge is 0.497 e.